The van der Waals surface area contributed by atoms with Crippen LogP contribution in [-0.4, -0.2) is 61.1 Å². The van der Waals surface area contributed by atoms with Gasteiger partial charge in [-0.15, -0.1) is 0 Å². The first-order valence-corrected chi connectivity index (χ1v) is 11.8. The van der Waals surface area contributed by atoms with E-state index in [0.29, 0.717) is 19.3 Å². The molecule has 0 aliphatic heterocycles. The lowest BCUT2D eigenvalue weighted by molar-refractivity contribution is -0.166. The van der Waals surface area contributed by atoms with Crippen molar-refractivity contribution < 1.29 is 52.7 Å². The number of carbonyl (C=O) groups is 4. The van der Waals surface area contributed by atoms with Crippen LogP contribution in [0.2, 0.25) is 0 Å². The summed E-state index contributed by atoms with van der Waals surface area (Å²) in [7, 11) is 0. The number of hydrogen-bond acceptors (Lipinski definition) is 11. The number of nitrogens with one attached hydrogen (secondary N) is 1. The van der Waals surface area contributed by atoms with E-state index in [1.54, 1.807) is 27.7 Å². The van der Waals surface area contributed by atoms with E-state index in [1.807, 2.05) is 6.92 Å². The highest BCUT2D eigenvalue weighted by atomic mass is 16.8. The summed E-state index contributed by atoms with van der Waals surface area (Å²) in [4.78, 5) is 48.4. The van der Waals surface area contributed by atoms with Crippen LogP contribution < -0.4 is 14.8 Å². The SMILES string of the molecule is CCCOC(=O)Oc1ccc(C[C@](NC(C)CC)(OC(=O)OCC)C(=O)O)cc1OC(=O)OCCC. The van der Waals surface area contributed by atoms with Crippen LogP contribution in [0.15, 0.2) is 18.2 Å². The Hall–Kier alpha value is -3.54. The molecule has 1 rings (SSSR count). The predicted molar refractivity (Wildman–Crippen MR) is 126 cm³/mol. The number of carbonyl (C=O) groups excluding carboxylic acids is 3. The van der Waals surface area contributed by atoms with Gasteiger partial charge >= 0.3 is 24.4 Å². The van der Waals surface area contributed by atoms with Gasteiger partial charge in [0, 0.05) is 12.5 Å². The van der Waals surface area contributed by atoms with Gasteiger partial charge in [0.1, 0.15) is 0 Å². The van der Waals surface area contributed by atoms with Gasteiger partial charge in [0.25, 0.3) is 5.72 Å². The molecule has 0 bridgehead atoms. The fourth-order valence-corrected chi connectivity index (χ4v) is 2.81. The van der Waals surface area contributed by atoms with Gasteiger partial charge in [-0.3, -0.25) is 5.32 Å². The molecule has 1 aromatic carbocycles. The molecule has 0 aromatic heterocycles. The number of rotatable bonds is 14. The second kappa shape index (κ2) is 15.5. The fraction of sp³-hybridized carbons (Fsp3) is 0.583. The number of hydrogen-bond donors (Lipinski definition) is 2. The Bertz CT molecular complexity index is 889. The molecule has 0 saturated carbocycles. The number of benzene rings is 1. The quantitative estimate of drug-likeness (QED) is 0.156. The molecule has 0 aliphatic carbocycles. The summed E-state index contributed by atoms with van der Waals surface area (Å²) in [6.07, 6.45) is -1.96. The molecule has 0 spiro atoms. The minimum atomic E-state index is -2.20. The van der Waals surface area contributed by atoms with Crippen LogP contribution >= 0.6 is 0 Å². The number of carboxylic acids is 1. The fourth-order valence-electron chi connectivity index (χ4n) is 2.81. The molecule has 0 radical (unpaired) electrons. The first-order chi connectivity index (χ1) is 17.1. The van der Waals surface area contributed by atoms with Gasteiger partial charge in [-0.05, 0) is 50.8 Å². The zero-order valence-electron chi connectivity index (χ0n) is 21.3. The smallest absolute Gasteiger partial charge is 0.477 e. The van der Waals surface area contributed by atoms with E-state index in [0.717, 1.165) is 0 Å². The van der Waals surface area contributed by atoms with Crippen LogP contribution in [-0.2, 0) is 30.2 Å². The van der Waals surface area contributed by atoms with Crippen LogP contribution in [0.5, 0.6) is 11.5 Å². The number of aliphatic carboxylic acids is 1. The largest absolute Gasteiger partial charge is 0.513 e. The number of carboxylic acid groups (broad SMARTS) is 1. The van der Waals surface area contributed by atoms with Crippen molar-refractivity contribution >= 4 is 24.4 Å². The lowest BCUT2D eigenvalue weighted by Crippen LogP contribution is -2.59. The molecular weight excluding hydrogens is 478 g/mol. The lowest BCUT2D eigenvalue weighted by atomic mass is 10.00. The predicted octanol–water partition coefficient (Wildman–Crippen LogP) is 4.42. The van der Waals surface area contributed by atoms with Gasteiger partial charge in [-0.1, -0.05) is 26.8 Å². The average molecular weight is 514 g/mol. The van der Waals surface area contributed by atoms with Gasteiger partial charge in [-0.2, -0.15) is 0 Å². The molecule has 0 fully saturated rings. The summed E-state index contributed by atoms with van der Waals surface area (Å²) in [5, 5.41) is 12.8. The van der Waals surface area contributed by atoms with E-state index in [9.17, 15) is 24.3 Å². The molecule has 0 amide bonds. The van der Waals surface area contributed by atoms with Crippen molar-refractivity contribution in [3.8, 4) is 11.5 Å². The molecule has 202 valence electrons. The minimum Gasteiger partial charge on any atom is -0.477 e. The van der Waals surface area contributed by atoms with Crippen LogP contribution in [0, 0.1) is 0 Å². The van der Waals surface area contributed by atoms with E-state index in [4.69, 9.17) is 28.4 Å². The second-order valence-electron chi connectivity index (χ2n) is 7.73. The Morgan fingerprint density at radius 3 is 1.97 bits per heavy atom. The Kier molecular flexibility index (Phi) is 13.1. The highest BCUT2D eigenvalue weighted by Gasteiger charge is 2.44. The summed E-state index contributed by atoms with van der Waals surface area (Å²) in [6.45, 7) is 8.91. The Labute approximate surface area is 210 Å². The minimum absolute atomic E-state index is 0.0180. The first kappa shape index (κ1) is 30.5. The maximum atomic E-state index is 12.3. The molecule has 0 aliphatic rings. The summed E-state index contributed by atoms with van der Waals surface area (Å²) >= 11 is 0. The standard InChI is InChI=1S/C24H35NO11/c1-6-12-32-21(28)34-18-11-10-17(14-19(18)35-22(29)33-13-7-2)15-24(20(26)27,25-16(5)8-3)36-23(30)31-9-4/h10-11,14,16,25H,6-9,12-13,15H2,1-5H3,(H,26,27)/t16?,24-/m0/s1. The third-order valence-corrected chi connectivity index (χ3v) is 4.65. The average Bonchev–Trinajstić information content (AvgIpc) is 2.82. The maximum Gasteiger partial charge on any atom is 0.513 e. The van der Waals surface area contributed by atoms with Crippen LogP contribution in [0.25, 0.3) is 0 Å². The van der Waals surface area contributed by atoms with Crippen molar-refractivity contribution in [1.29, 1.82) is 0 Å². The molecular formula is C24H35NO11. The van der Waals surface area contributed by atoms with Gasteiger partial charge < -0.3 is 33.5 Å². The molecule has 1 unspecified atom stereocenters. The summed E-state index contributed by atoms with van der Waals surface area (Å²) < 4.78 is 30.2. The zero-order chi connectivity index (χ0) is 27.1. The van der Waals surface area contributed by atoms with Crippen molar-refractivity contribution in [2.24, 2.45) is 0 Å². The topological polar surface area (TPSA) is 156 Å². The summed E-state index contributed by atoms with van der Waals surface area (Å²) in [5.74, 6) is -1.85. The van der Waals surface area contributed by atoms with Crippen molar-refractivity contribution in [2.45, 2.75) is 72.1 Å². The molecule has 1 aromatic rings. The molecule has 0 saturated heterocycles. The van der Waals surface area contributed by atoms with Crippen molar-refractivity contribution in [2.75, 3.05) is 19.8 Å². The Balaban J connectivity index is 3.38. The van der Waals surface area contributed by atoms with Crippen molar-refractivity contribution in [3.05, 3.63) is 23.8 Å². The molecule has 2 atom stereocenters. The molecule has 2 N–H and O–H groups in total. The third kappa shape index (κ3) is 9.98. The van der Waals surface area contributed by atoms with Crippen LogP contribution in [0.3, 0.4) is 0 Å². The maximum absolute atomic E-state index is 12.3. The van der Waals surface area contributed by atoms with E-state index in [2.05, 4.69) is 5.32 Å². The highest BCUT2D eigenvalue weighted by molar-refractivity contribution is 5.80. The normalized spacial score (nSPS) is 13.0. The van der Waals surface area contributed by atoms with Crippen molar-refractivity contribution in [1.82, 2.24) is 5.32 Å². The van der Waals surface area contributed by atoms with E-state index >= 15 is 0 Å². The van der Waals surface area contributed by atoms with E-state index < -0.39 is 30.2 Å². The Morgan fingerprint density at radius 2 is 1.47 bits per heavy atom. The van der Waals surface area contributed by atoms with Gasteiger partial charge in [0.05, 0.1) is 19.8 Å². The van der Waals surface area contributed by atoms with E-state index in [1.165, 1.54) is 18.2 Å². The van der Waals surface area contributed by atoms with Gasteiger partial charge in [0.2, 0.25) is 0 Å². The van der Waals surface area contributed by atoms with E-state index in [-0.39, 0.29) is 49.3 Å². The van der Waals surface area contributed by atoms with Crippen LogP contribution in [0.1, 0.15) is 59.4 Å². The second-order valence-corrected chi connectivity index (χ2v) is 7.73. The summed E-state index contributed by atoms with van der Waals surface area (Å²) in [6, 6.07) is 3.65. The zero-order valence-corrected chi connectivity index (χ0v) is 21.3. The molecule has 12 nitrogen and oxygen atoms in total. The highest BCUT2D eigenvalue weighted by Crippen LogP contribution is 2.31. The molecule has 36 heavy (non-hydrogen) atoms. The van der Waals surface area contributed by atoms with Crippen LogP contribution in [0.4, 0.5) is 14.4 Å². The third-order valence-electron chi connectivity index (χ3n) is 4.65. The van der Waals surface area contributed by atoms with Crippen molar-refractivity contribution in [3.63, 3.8) is 0 Å². The summed E-state index contributed by atoms with van der Waals surface area (Å²) in [5.41, 5.74) is -1.94. The van der Waals surface area contributed by atoms with Gasteiger partial charge in [-0.25, -0.2) is 19.2 Å². The molecule has 12 heteroatoms. The monoisotopic (exact) mass is 513 g/mol. The van der Waals surface area contributed by atoms with Gasteiger partial charge in [0.15, 0.2) is 11.5 Å². The first-order valence-electron chi connectivity index (χ1n) is 11.8. The Morgan fingerprint density at radius 1 is 0.889 bits per heavy atom. The lowest BCUT2D eigenvalue weighted by Gasteiger charge is -2.32. The number of ether oxygens (including phenoxy) is 6. The molecule has 0 heterocycles.